The molecule has 7 heteroatoms. The number of hydrogen-bond donors (Lipinski definition) is 0. The number of rotatable bonds is 0. The maximum atomic E-state index is 8.58. The van der Waals surface area contributed by atoms with Crippen molar-refractivity contribution >= 4 is 9.05 Å². The second-order valence-corrected chi connectivity index (χ2v) is 1.50. The van der Waals surface area contributed by atoms with Gasteiger partial charge in [-0.3, -0.25) is 0 Å². The normalized spacial score (nSPS) is 8.57. The van der Waals surface area contributed by atoms with E-state index in [9.17, 15) is 0 Å². The van der Waals surface area contributed by atoms with Gasteiger partial charge in [0.2, 0.25) is 0 Å². The topological polar surface area (TPSA) is 92.2 Å². The van der Waals surface area contributed by atoms with E-state index in [1.807, 2.05) is 0 Å². The van der Waals surface area contributed by atoms with Gasteiger partial charge in [-0.25, -0.2) is 0 Å². The van der Waals surface area contributed by atoms with Crippen LogP contribution >= 0.6 is 0 Å². The van der Waals surface area contributed by atoms with E-state index in [0.29, 0.717) is 0 Å². The first-order valence-corrected chi connectivity index (χ1v) is 2.45. The van der Waals surface area contributed by atoms with Crippen LogP contribution in [0.15, 0.2) is 0 Å². The fourth-order valence-electron chi connectivity index (χ4n) is 0. The third-order valence-electron chi connectivity index (χ3n) is 0. The second-order valence-electron chi connectivity index (χ2n) is 0.500. The molecule has 0 aliphatic carbocycles. The Hall–Kier alpha value is 1.77. The molecule has 0 N–H and O–H groups in total. The minimum absolute atomic E-state index is 0. The molecule has 4 nitrogen and oxygen atoms in total. The van der Waals surface area contributed by atoms with Crippen molar-refractivity contribution in [3.05, 3.63) is 0 Å². The minimum atomic E-state index is -5.61. The molecule has 0 heterocycles. The van der Waals surface area contributed by atoms with E-state index in [4.69, 9.17) is 19.2 Å². The van der Waals surface area contributed by atoms with Gasteiger partial charge in [0, 0.05) is 0 Å². The van der Waals surface area contributed by atoms with Crippen LogP contribution in [0.5, 0.6) is 0 Å². The Morgan fingerprint density at radius 1 is 0.857 bits per heavy atom. The van der Waals surface area contributed by atoms with Crippen molar-refractivity contribution in [2.45, 2.75) is 0 Å². The summed E-state index contributed by atoms with van der Waals surface area (Å²) in [5.74, 6) is 0. The Balaban J connectivity index is -0.0000000800. The molecule has 0 spiro atoms. The van der Waals surface area contributed by atoms with Crippen LogP contribution in [0.4, 0.5) is 0 Å². The zero-order valence-electron chi connectivity index (χ0n) is 3.63. The maximum absolute atomic E-state index is 8.58. The molecule has 0 saturated carbocycles. The third kappa shape index (κ3) is 82.5. The number of hydrogen-bond acceptors (Lipinski definition) is 4. The zero-order chi connectivity index (χ0) is 4.50. The zero-order valence-corrected chi connectivity index (χ0v) is 8.19. The van der Waals surface area contributed by atoms with E-state index in [1.165, 1.54) is 0 Å². The standard InChI is InChI=1S/Na.O4Si.Ti/c;1-5(2,3)4;/q+1;-4;+4. The molecule has 0 fully saturated rings. The van der Waals surface area contributed by atoms with Crippen molar-refractivity contribution in [2.75, 3.05) is 0 Å². The third-order valence-corrected chi connectivity index (χ3v) is 0. The quantitative estimate of drug-likeness (QED) is 0.331. The second kappa shape index (κ2) is 5.90. The first-order valence-electron chi connectivity index (χ1n) is 0.816. The van der Waals surface area contributed by atoms with Gasteiger partial charge in [0.15, 0.2) is 0 Å². The molecular formula is NaO4SiTi+. The van der Waals surface area contributed by atoms with Gasteiger partial charge in [-0.2, -0.15) is 0 Å². The predicted octanol–water partition coefficient (Wildman–Crippen LogP) is -8.14. The molecule has 32 valence electrons. The Labute approximate surface area is 78.8 Å². The van der Waals surface area contributed by atoms with E-state index in [0.717, 1.165) is 0 Å². The van der Waals surface area contributed by atoms with Crippen LogP contribution in [0.2, 0.25) is 0 Å². The summed E-state index contributed by atoms with van der Waals surface area (Å²) in [5.41, 5.74) is 0. The van der Waals surface area contributed by atoms with Crippen LogP contribution < -0.4 is 48.7 Å². The molecule has 0 amide bonds. The molecule has 0 bridgehead atoms. The first kappa shape index (κ1) is 15.9. The summed E-state index contributed by atoms with van der Waals surface area (Å²) < 4.78 is 0. The summed E-state index contributed by atoms with van der Waals surface area (Å²) in [5, 5.41) is 0. The summed E-state index contributed by atoms with van der Waals surface area (Å²) in [6.45, 7) is 0. The summed E-state index contributed by atoms with van der Waals surface area (Å²) in [7, 11) is -5.61. The summed E-state index contributed by atoms with van der Waals surface area (Å²) >= 11 is 0. The van der Waals surface area contributed by atoms with Gasteiger partial charge in [0.05, 0.1) is 0 Å². The fraction of sp³-hybridized carbons (Fsp3) is 0. The Bertz CT molecular complexity index is 27.2. The van der Waals surface area contributed by atoms with E-state index < -0.39 is 9.05 Å². The largest absolute Gasteiger partial charge is 4.00 e. The van der Waals surface area contributed by atoms with Crippen LogP contribution in [-0.2, 0) is 21.7 Å². The maximum Gasteiger partial charge on any atom is 4.00 e. The molecule has 0 aromatic carbocycles. The van der Waals surface area contributed by atoms with E-state index >= 15 is 0 Å². The molecular weight excluding hydrogens is 163 g/mol. The van der Waals surface area contributed by atoms with E-state index in [-0.39, 0.29) is 51.3 Å². The smallest absolute Gasteiger partial charge is 0.894 e. The Morgan fingerprint density at radius 2 is 0.857 bits per heavy atom. The monoisotopic (exact) mass is 163 g/mol. The average molecular weight is 163 g/mol. The van der Waals surface area contributed by atoms with E-state index in [1.54, 1.807) is 0 Å². The van der Waals surface area contributed by atoms with Gasteiger partial charge < -0.3 is 28.2 Å². The van der Waals surface area contributed by atoms with Crippen molar-refractivity contribution in [3.8, 4) is 0 Å². The molecule has 7 heavy (non-hydrogen) atoms. The molecule has 0 aromatic rings. The minimum Gasteiger partial charge on any atom is -0.894 e. The molecule has 0 atom stereocenters. The molecule has 0 aliphatic heterocycles. The molecule has 0 aliphatic rings. The molecule has 0 radical (unpaired) electrons. The molecule has 0 aromatic heterocycles. The van der Waals surface area contributed by atoms with Crippen LogP contribution in [0.1, 0.15) is 0 Å². The summed E-state index contributed by atoms with van der Waals surface area (Å²) in [6, 6.07) is 0. The van der Waals surface area contributed by atoms with Crippen molar-refractivity contribution in [1.29, 1.82) is 0 Å². The van der Waals surface area contributed by atoms with Gasteiger partial charge in [-0.1, -0.05) is 0 Å². The first-order chi connectivity index (χ1) is 2.00. The van der Waals surface area contributed by atoms with Gasteiger partial charge in [0.1, 0.15) is 0 Å². The van der Waals surface area contributed by atoms with Crippen molar-refractivity contribution < 1.29 is 70.5 Å². The molecule has 0 rings (SSSR count). The summed E-state index contributed by atoms with van der Waals surface area (Å²) in [6.07, 6.45) is 0. The van der Waals surface area contributed by atoms with Crippen LogP contribution in [-0.4, -0.2) is 9.05 Å². The van der Waals surface area contributed by atoms with E-state index in [2.05, 4.69) is 0 Å². The van der Waals surface area contributed by atoms with Gasteiger partial charge >= 0.3 is 51.3 Å². The van der Waals surface area contributed by atoms with Crippen LogP contribution in [0.3, 0.4) is 0 Å². The average Bonchev–Trinajstić information content (AvgIpc) is 0.722. The summed E-state index contributed by atoms with van der Waals surface area (Å²) in [4.78, 5) is 34.3. The van der Waals surface area contributed by atoms with Crippen LogP contribution in [0, 0.1) is 0 Å². The van der Waals surface area contributed by atoms with Crippen LogP contribution in [0.25, 0.3) is 0 Å². The van der Waals surface area contributed by atoms with Crippen molar-refractivity contribution in [3.63, 3.8) is 0 Å². The predicted molar refractivity (Wildman–Crippen MR) is 5.75 cm³/mol. The molecule has 0 unspecified atom stereocenters. The molecule has 0 saturated heterocycles. The van der Waals surface area contributed by atoms with Crippen molar-refractivity contribution in [1.82, 2.24) is 0 Å². The van der Waals surface area contributed by atoms with Gasteiger partial charge in [-0.05, 0) is 0 Å². The Morgan fingerprint density at radius 3 is 0.857 bits per heavy atom. The SMILES string of the molecule is [Na+].[O-][Si]([O-])([O-])[O-].[Ti+4]. The van der Waals surface area contributed by atoms with Gasteiger partial charge in [0.25, 0.3) is 0 Å². The Kier molecular flexibility index (Phi) is 13.4. The fourth-order valence-corrected chi connectivity index (χ4v) is 0. The van der Waals surface area contributed by atoms with Crippen molar-refractivity contribution in [2.24, 2.45) is 0 Å². The van der Waals surface area contributed by atoms with Gasteiger partial charge in [-0.15, -0.1) is 0 Å².